The van der Waals surface area contributed by atoms with Crippen molar-refractivity contribution in [1.29, 1.82) is 0 Å². The zero-order chi connectivity index (χ0) is 23.5. The Kier molecular flexibility index (Phi) is 7.59. The molecule has 3 aliphatic heterocycles. The molecule has 182 valence electrons. The lowest BCUT2D eigenvalue weighted by Crippen LogP contribution is -2.62. The topological polar surface area (TPSA) is 125 Å². The van der Waals surface area contributed by atoms with Gasteiger partial charge in [0.2, 0.25) is 5.91 Å². The molecule has 3 aliphatic rings. The van der Waals surface area contributed by atoms with Gasteiger partial charge < -0.3 is 15.8 Å². The summed E-state index contributed by atoms with van der Waals surface area (Å²) in [5.74, 6) is -2.27. The smallest absolute Gasteiger partial charge is 0.234 e. The van der Waals surface area contributed by atoms with Crippen molar-refractivity contribution in [1.82, 2.24) is 20.1 Å². The van der Waals surface area contributed by atoms with Crippen LogP contribution >= 0.6 is 0 Å². The maximum atomic E-state index is 14.9. The van der Waals surface area contributed by atoms with Gasteiger partial charge in [0.25, 0.3) is 0 Å². The van der Waals surface area contributed by atoms with E-state index in [-0.39, 0.29) is 24.7 Å². The highest BCUT2D eigenvalue weighted by Gasteiger charge is 2.40. The summed E-state index contributed by atoms with van der Waals surface area (Å²) in [6.07, 6.45) is 0.877. The molecule has 4 heterocycles. The minimum absolute atomic E-state index is 0.0295. The normalized spacial score (nSPS) is 27.5. The van der Waals surface area contributed by atoms with Gasteiger partial charge in [0.05, 0.1) is 43.5 Å². The summed E-state index contributed by atoms with van der Waals surface area (Å²) in [6, 6.07) is 0.425. The van der Waals surface area contributed by atoms with Crippen LogP contribution in [0.4, 0.5) is 14.5 Å². The number of nitroso groups, excluding NO2 is 1. The predicted molar refractivity (Wildman–Crippen MR) is 118 cm³/mol. The molecule has 10 nitrogen and oxygen atoms in total. The van der Waals surface area contributed by atoms with Crippen LogP contribution in [0.3, 0.4) is 0 Å². The van der Waals surface area contributed by atoms with Crippen LogP contribution in [0.15, 0.2) is 17.6 Å². The molecule has 0 saturated carbocycles. The monoisotopic (exact) mass is 467 g/mol. The fourth-order valence-corrected chi connectivity index (χ4v) is 5.01. The van der Waals surface area contributed by atoms with Gasteiger partial charge in [-0.3, -0.25) is 24.9 Å². The van der Waals surface area contributed by atoms with Crippen LogP contribution in [0.5, 0.6) is 0 Å². The lowest BCUT2D eigenvalue weighted by atomic mass is 9.87. The fourth-order valence-electron chi connectivity index (χ4n) is 5.01. The summed E-state index contributed by atoms with van der Waals surface area (Å²) >= 11 is 0. The highest BCUT2D eigenvalue weighted by molar-refractivity contribution is 5.94. The standard InChI is InChI=1S/C21H31F2N7O3/c1-29-9-13(22)6-26-20(29)18(19(24)28-32)21(31)27-16-8-25-7-15(23)17(16)12-2-4-30(5-3-12)14-10-33-11-14/h7-8,12-14,18-20,26H,2-6,9-11,24H2,1H3,(H,27,31). The lowest BCUT2D eigenvalue weighted by Gasteiger charge is -2.42. The Morgan fingerprint density at radius 2 is 2.09 bits per heavy atom. The maximum absolute atomic E-state index is 14.9. The number of hydrogen-bond acceptors (Lipinski definition) is 9. The molecule has 0 radical (unpaired) electrons. The molecular weight excluding hydrogens is 436 g/mol. The summed E-state index contributed by atoms with van der Waals surface area (Å²) in [4.78, 5) is 32.3. The third-order valence-electron chi connectivity index (χ3n) is 6.91. The summed E-state index contributed by atoms with van der Waals surface area (Å²) in [5.41, 5.74) is 6.53. The van der Waals surface area contributed by atoms with Crippen LogP contribution in [-0.2, 0) is 9.53 Å². The second-order valence-corrected chi connectivity index (χ2v) is 9.09. The van der Waals surface area contributed by atoms with E-state index >= 15 is 0 Å². The number of alkyl halides is 1. The highest BCUT2D eigenvalue weighted by Crippen LogP contribution is 2.36. The Balaban J connectivity index is 1.51. The number of anilines is 1. The molecule has 12 heteroatoms. The van der Waals surface area contributed by atoms with Crippen molar-refractivity contribution in [2.45, 2.75) is 43.3 Å². The van der Waals surface area contributed by atoms with Gasteiger partial charge in [0, 0.05) is 18.7 Å². The molecule has 4 N–H and O–H groups in total. The summed E-state index contributed by atoms with van der Waals surface area (Å²) in [5, 5.41) is 8.51. The van der Waals surface area contributed by atoms with Crippen LogP contribution in [0, 0.1) is 16.6 Å². The van der Waals surface area contributed by atoms with E-state index < -0.39 is 36.1 Å². The first-order chi connectivity index (χ1) is 15.9. The van der Waals surface area contributed by atoms with Gasteiger partial charge in [0.15, 0.2) is 6.17 Å². The zero-order valence-corrected chi connectivity index (χ0v) is 18.6. The number of halogens is 2. The molecule has 0 aliphatic carbocycles. The number of piperidine rings is 1. The molecular formula is C21H31F2N7O3. The van der Waals surface area contributed by atoms with Crippen molar-refractivity contribution in [3.05, 3.63) is 28.7 Å². The van der Waals surface area contributed by atoms with Crippen LogP contribution < -0.4 is 16.4 Å². The Hall–Kier alpha value is -2.12. The molecule has 1 aromatic heterocycles. The van der Waals surface area contributed by atoms with E-state index in [2.05, 4.69) is 25.7 Å². The Morgan fingerprint density at radius 1 is 1.36 bits per heavy atom. The van der Waals surface area contributed by atoms with Gasteiger partial charge in [-0.25, -0.2) is 8.78 Å². The zero-order valence-electron chi connectivity index (χ0n) is 18.6. The molecule has 33 heavy (non-hydrogen) atoms. The molecule has 0 aromatic carbocycles. The van der Waals surface area contributed by atoms with Crippen LogP contribution in [0.2, 0.25) is 0 Å². The van der Waals surface area contributed by atoms with E-state index in [1.54, 1.807) is 11.9 Å². The number of carbonyl (C=O) groups excluding carboxylic acids is 1. The molecule has 0 spiro atoms. The van der Waals surface area contributed by atoms with Crippen molar-refractivity contribution in [2.24, 2.45) is 16.8 Å². The van der Waals surface area contributed by atoms with E-state index in [1.807, 2.05) is 0 Å². The van der Waals surface area contributed by atoms with Gasteiger partial charge in [-0.1, -0.05) is 5.18 Å². The average molecular weight is 468 g/mol. The largest absolute Gasteiger partial charge is 0.378 e. The number of nitrogens with two attached hydrogens (primary N) is 1. The number of nitrogens with one attached hydrogen (secondary N) is 2. The van der Waals surface area contributed by atoms with Crippen LogP contribution in [-0.4, -0.2) is 91.7 Å². The van der Waals surface area contributed by atoms with Gasteiger partial charge in [0.1, 0.15) is 17.9 Å². The minimum Gasteiger partial charge on any atom is -0.378 e. The summed E-state index contributed by atoms with van der Waals surface area (Å²) < 4.78 is 33.9. The predicted octanol–water partition coefficient (Wildman–Crippen LogP) is 0.604. The van der Waals surface area contributed by atoms with Crippen LogP contribution in [0.1, 0.15) is 24.3 Å². The van der Waals surface area contributed by atoms with Gasteiger partial charge in [-0.05, 0) is 38.9 Å². The van der Waals surface area contributed by atoms with E-state index in [4.69, 9.17) is 10.5 Å². The number of amides is 1. The van der Waals surface area contributed by atoms with Gasteiger partial charge in [-0.15, -0.1) is 4.91 Å². The SMILES string of the molecule is CN1CC(F)CNC1C(C(=O)Nc1cncc(F)c1C1CCN(C2COC2)CC1)C(N)N=O. The van der Waals surface area contributed by atoms with Crippen molar-refractivity contribution >= 4 is 11.6 Å². The van der Waals surface area contributed by atoms with E-state index in [0.29, 0.717) is 11.6 Å². The third-order valence-corrected chi connectivity index (χ3v) is 6.91. The second kappa shape index (κ2) is 10.4. The number of aromatic nitrogens is 1. The number of pyridine rings is 1. The average Bonchev–Trinajstić information content (AvgIpc) is 2.75. The Morgan fingerprint density at radius 3 is 2.70 bits per heavy atom. The summed E-state index contributed by atoms with van der Waals surface area (Å²) in [6.45, 7) is 3.21. The highest BCUT2D eigenvalue weighted by atomic mass is 19.1. The second-order valence-electron chi connectivity index (χ2n) is 9.09. The lowest BCUT2D eigenvalue weighted by molar-refractivity contribution is -0.124. The molecule has 0 bridgehead atoms. The van der Waals surface area contributed by atoms with E-state index in [1.165, 1.54) is 6.20 Å². The molecule has 1 amide bonds. The minimum atomic E-state index is -1.36. The summed E-state index contributed by atoms with van der Waals surface area (Å²) in [7, 11) is 1.64. The van der Waals surface area contributed by atoms with Gasteiger partial charge in [-0.2, -0.15) is 0 Å². The molecule has 3 fully saturated rings. The number of ether oxygens (including phenoxy) is 1. The first-order valence-corrected chi connectivity index (χ1v) is 11.3. The van der Waals surface area contributed by atoms with Crippen molar-refractivity contribution < 1.29 is 18.3 Å². The third kappa shape index (κ3) is 5.19. The fraction of sp³-hybridized carbons (Fsp3) is 0.714. The molecule has 4 rings (SSSR count). The Labute approximate surface area is 191 Å². The molecule has 4 unspecified atom stereocenters. The number of hydrogen-bond donors (Lipinski definition) is 3. The van der Waals surface area contributed by atoms with Gasteiger partial charge >= 0.3 is 0 Å². The number of rotatable bonds is 7. The molecule has 3 saturated heterocycles. The van der Waals surface area contributed by atoms with E-state index in [0.717, 1.165) is 45.3 Å². The molecule has 4 atom stereocenters. The molecule has 1 aromatic rings. The number of likely N-dealkylation sites (tertiary alicyclic amines) is 1. The van der Waals surface area contributed by atoms with E-state index in [9.17, 15) is 18.5 Å². The number of carbonyl (C=O) groups is 1. The Bertz CT molecular complexity index is 851. The van der Waals surface area contributed by atoms with Crippen LogP contribution in [0.25, 0.3) is 0 Å². The quantitative estimate of drug-likeness (QED) is 0.498. The van der Waals surface area contributed by atoms with Crippen molar-refractivity contribution in [3.63, 3.8) is 0 Å². The van der Waals surface area contributed by atoms with Crippen molar-refractivity contribution in [2.75, 3.05) is 51.8 Å². The number of nitrogens with zero attached hydrogens (tertiary/aromatic N) is 4. The first-order valence-electron chi connectivity index (χ1n) is 11.3. The first kappa shape index (κ1) is 24.0. The van der Waals surface area contributed by atoms with Crippen molar-refractivity contribution in [3.8, 4) is 0 Å². The maximum Gasteiger partial charge on any atom is 0.234 e.